The summed E-state index contributed by atoms with van der Waals surface area (Å²) < 4.78 is 0.897. The molecule has 20 heavy (non-hydrogen) atoms. The topological polar surface area (TPSA) is 29.1 Å². The van der Waals surface area contributed by atoms with Crippen LogP contribution >= 0.6 is 39.1 Å². The van der Waals surface area contributed by atoms with Crippen molar-refractivity contribution in [2.75, 3.05) is 5.32 Å². The zero-order chi connectivity index (χ0) is 14.5. The molecule has 0 unspecified atom stereocenters. The molecule has 0 heterocycles. The Labute approximate surface area is 135 Å². The first-order valence-corrected chi connectivity index (χ1v) is 7.30. The molecule has 0 radical (unpaired) electrons. The van der Waals surface area contributed by atoms with Crippen LogP contribution in [0.25, 0.3) is 6.08 Å². The first kappa shape index (κ1) is 15.1. The molecule has 0 saturated heterocycles. The lowest BCUT2D eigenvalue weighted by atomic mass is 10.2. The van der Waals surface area contributed by atoms with Crippen LogP contribution < -0.4 is 5.32 Å². The first-order valence-electron chi connectivity index (χ1n) is 5.75. The van der Waals surface area contributed by atoms with E-state index >= 15 is 0 Å². The summed E-state index contributed by atoms with van der Waals surface area (Å²) in [6.07, 6.45) is 2.99. The molecule has 5 heteroatoms. The Morgan fingerprint density at radius 1 is 1.10 bits per heavy atom. The van der Waals surface area contributed by atoms with Gasteiger partial charge in [-0.2, -0.15) is 0 Å². The van der Waals surface area contributed by atoms with Gasteiger partial charge in [0.15, 0.2) is 0 Å². The number of hydrogen-bond donors (Lipinski definition) is 1. The molecule has 0 spiro atoms. The molecule has 0 bridgehead atoms. The van der Waals surface area contributed by atoms with E-state index in [9.17, 15) is 4.79 Å². The highest BCUT2D eigenvalue weighted by Gasteiger charge is 2.03. The molecule has 1 amide bonds. The Balaban J connectivity index is 2.10. The second-order valence-corrected chi connectivity index (χ2v) is 5.70. The van der Waals surface area contributed by atoms with E-state index in [1.165, 1.54) is 6.08 Å². The quantitative estimate of drug-likeness (QED) is 0.719. The molecule has 0 aromatic heterocycles. The van der Waals surface area contributed by atoms with Crippen LogP contribution in [0.2, 0.25) is 10.0 Å². The van der Waals surface area contributed by atoms with Gasteiger partial charge in [0.1, 0.15) is 0 Å². The molecule has 0 aliphatic rings. The van der Waals surface area contributed by atoms with E-state index in [0.717, 1.165) is 4.47 Å². The van der Waals surface area contributed by atoms with Gasteiger partial charge in [0.25, 0.3) is 0 Å². The molecule has 0 saturated carbocycles. The van der Waals surface area contributed by atoms with Crippen molar-refractivity contribution < 1.29 is 4.79 Å². The second-order valence-electron chi connectivity index (χ2n) is 3.97. The van der Waals surface area contributed by atoms with E-state index in [1.807, 2.05) is 18.2 Å². The molecule has 102 valence electrons. The zero-order valence-electron chi connectivity index (χ0n) is 10.2. The SMILES string of the molecule is O=C(C=Cc1c(Cl)cccc1Cl)Nc1cccc(Br)c1. The molecule has 0 aliphatic heterocycles. The van der Waals surface area contributed by atoms with Crippen molar-refractivity contribution >= 4 is 56.8 Å². The van der Waals surface area contributed by atoms with Crippen molar-refractivity contribution in [2.24, 2.45) is 0 Å². The molecule has 2 aromatic carbocycles. The third kappa shape index (κ3) is 4.10. The van der Waals surface area contributed by atoms with Gasteiger partial charge >= 0.3 is 0 Å². The van der Waals surface area contributed by atoms with Crippen molar-refractivity contribution in [3.63, 3.8) is 0 Å². The van der Waals surface area contributed by atoms with Gasteiger partial charge in [0, 0.05) is 31.8 Å². The van der Waals surface area contributed by atoms with Crippen molar-refractivity contribution in [3.05, 3.63) is 68.6 Å². The number of nitrogens with one attached hydrogen (secondary N) is 1. The van der Waals surface area contributed by atoms with Gasteiger partial charge < -0.3 is 5.32 Å². The highest BCUT2D eigenvalue weighted by molar-refractivity contribution is 9.10. The molecule has 2 rings (SSSR count). The predicted molar refractivity (Wildman–Crippen MR) is 88.3 cm³/mol. The number of rotatable bonds is 3. The Morgan fingerprint density at radius 2 is 1.75 bits per heavy atom. The standard InChI is InChI=1S/C15H10BrCl2NO/c16-10-3-1-4-11(9-10)19-15(20)8-7-12-13(17)5-2-6-14(12)18/h1-9H,(H,19,20). The number of carbonyl (C=O) groups excluding carboxylic acids is 1. The zero-order valence-corrected chi connectivity index (χ0v) is 13.3. The van der Waals surface area contributed by atoms with Crippen LogP contribution in [0.3, 0.4) is 0 Å². The van der Waals surface area contributed by atoms with E-state index in [0.29, 0.717) is 21.3 Å². The van der Waals surface area contributed by atoms with Crippen LogP contribution in [0.5, 0.6) is 0 Å². The number of anilines is 1. The van der Waals surface area contributed by atoms with Crippen LogP contribution in [0.4, 0.5) is 5.69 Å². The van der Waals surface area contributed by atoms with Crippen molar-refractivity contribution in [1.29, 1.82) is 0 Å². The maximum Gasteiger partial charge on any atom is 0.248 e. The average molecular weight is 371 g/mol. The fourth-order valence-electron chi connectivity index (χ4n) is 1.58. The highest BCUT2D eigenvalue weighted by Crippen LogP contribution is 2.25. The molecule has 0 atom stereocenters. The molecule has 2 aromatic rings. The molecular formula is C15H10BrCl2NO. The smallest absolute Gasteiger partial charge is 0.248 e. The largest absolute Gasteiger partial charge is 0.322 e. The normalized spacial score (nSPS) is 10.8. The summed E-state index contributed by atoms with van der Waals surface area (Å²) in [5.41, 5.74) is 1.33. The average Bonchev–Trinajstić information content (AvgIpc) is 2.38. The second kappa shape index (κ2) is 6.93. The van der Waals surface area contributed by atoms with Gasteiger partial charge in [-0.05, 0) is 36.4 Å². The lowest BCUT2D eigenvalue weighted by Gasteiger charge is -2.03. The first-order chi connectivity index (χ1) is 9.56. The van der Waals surface area contributed by atoms with Gasteiger partial charge in [-0.1, -0.05) is 51.3 Å². The summed E-state index contributed by atoms with van der Waals surface area (Å²) in [7, 11) is 0. The Kier molecular flexibility index (Phi) is 5.24. The maximum absolute atomic E-state index is 11.8. The number of halogens is 3. The van der Waals surface area contributed by atoms with E-state index < -0.39 is 0 Å². The third-order valence-electron chi connectivity index (χ3n) is 2.49. The van der Waals surface area contributed by atoms with Crippen LogP contribution in [-0.4, -0.2) is 5.91 Å². The van der Waals surface area contributed by atoms with Crippen LogP contribution in [-0.2, 0) is 4.79 Å². The fraction of sp³-hybridized carbons (Fsp3) is 0. The lowest BCUT2D eigenvalue weighted by Crippen LogP contribution is -2.07. The summed E-state index contributed by atoms with van der Waals surface area (Å²) in [5.74, 6) is -0.251. The van der Waals surface area contributed by atoms with Crippen LogP contribution in [0.1, 0.15) is 5.56 Å². The Bertz CT molecular complexity index is 650. The number of amides is 1. The minimum absolute atomic E-state index is 0.251. The van der Waals surface area contributed by atoms with Crippen LogP contribution in [0, 0.1) is 0 Å². The van der Waals surface area contributed by atoms with Crippen molar-refractivity contribution in [1.82, 2.24) is 0 Å². The van der Waals surface area contributed by atoms with Crippen molar-refractivity contribution in [2.45, 2.75) is 0 Å². The molecule has 0 fully saturated rings. The van der Waals surface area contributed by atoms with Crippen molar-refractivity contribution in [3.8, 4) is 0 Å². The van der Waals surface area contributed by atoms with E-state index in [4.69, 9.17) is 23.2 Å². The monoisotopic (exact) mass is 369 g/mol. The predicted octanol–water partition coefficient (Wildman–Crippen LogP) is 5.41. The Hall–Kier alpha value is -1.29. The minimum atomic E-state index is -0.251. The van der Waals surface area contributed by atoms with E-state index in [1.54, 1.807) is 30.3 Å². The summed E-state index contributed by atoms with van der Waals surface area (Å²) in [4.78, 5) is 11.8. The van der Waals surface area contributed by atoms with Crippen LogP contribution in [0.15, 0.2) is 53.0 Å². The molecule has 1 N–H and O–H groups in total. The number of carbonyl (C=O) groups is 1. The summed E-state index contributed by atoms with van der Waals surface area (Å²) in [6, 6.07) is 12.5. The molecular weight excluding hydrogens is 361 g/mol. The summed E-state index contributed by atoms with van der Waals surface area (Å²) >= 11 is 15.4. The Morgan fingerprint density at radius 3 is 2.40 bits per heavy atom. The summed E-state index contributed by atoms with van der Waals surface area (Å²) in [5, 5.41) is 3.76. The number of hydrogen-bond acceptors (Lipinski definition) is 1. The van der Waals surface area contributed by atoms with Gasteiger partial charge in [-0.25, -0.2) is 0 Å². The molecule has 0 aliphatic carbocycles. The van der Waals surface area contributed by atoms with Gasteiger partial charge in [0.2, 0.25) is 5.91 Å². The van der Waals surface area contributed by atoms with E-state index in [-0.39, 0.29) is 5.91 Å². The number of benzene rings is 2. The third-order valence-corrected chi connectivity index (χ3v) is 3.65. The highest BCUT2D eigenvalue weighted by atomic mass is 79.9. The molecule has 2 nitrogen and oxygen atoms in total. The van der Waals surface area contributed by atoms with Gasteiger partial charge in [-0.3, -0.25) is 4.79 Å². The minimum Gasteiger partial charge on any atom is -0.322 e. The van der Waals surface area contributed by atoms with E-state index in [2.05, 4.69) is 21.2 Å². The summed E-state index contributed by atoms with van der Waals surface area (Å²) in [6.45, 7) is 0. The maximum atomic E-state index is 11.8. The van der Waals surface area contributed by atoms with Gasteiger partial charge in [-0.15, -0.1) is 0 Å². The fourth-order valence-corrected chi connectivity index (χ4v) is 2.50. The lowest BCUT2D eigenvalue weighted by molar-refractivity contribution is -0.111. The van der Waals surface area contributed by atoms with Gasteiger partial charge in [0.05, 0.1) is 0 Å².